The summed E-state index contributed by atoms with van der Waals surface area (Å²) in [4.78, 5) is 11.6. The molecule has 1 fully saturated rings. The summed E-state index contributed by atoms with van der Waals surface area (Å²) in [6.07, 6.45) is 4.22. The van der Waals surface area contributed by atoms with Gasteiger partial charge < -0.3 is 15.4 Å². The van der Waals surface area contributed by atoms with E-state index >= 15 is 0 Å². The van der Waals surface area contributed by atoms with Crippen molar-refractivity contribution in [3.05, 3.63) is 0 Å². The lowest BCUT2D eigenvalue weighted by Crippen LogP contribution is -2.33. The molecule has 1 amide bonds. The predicted molar refractivity (Wildman–Crippen MR) is 68.9 cm³/mol. The van der Waals surface area contributed by atoms with Crippen molar-refractivity contribution in [3.63, 3.8) is 0 Å². The minimum atomic E-state index is 0.114. The highest BCUT2D eigenvalue weighted by molar-refractivity contribution is 5.75. The topological polar surface area (TPSA) is 50.4 Å². The van der Waals surface area contributed by atoms with Crippen molar-refractivity contribution < 1.29 is 9.53 Å². The highest BCUT2D eigenvalue weighted by Crippen LogP contribution is 2.17. The first-order valence-corrected chi connectivity index (χ1v) is 6.81. The lowest BCUT2D eigenvalue weighted by molar-refractivity contribution is -0.122. The second-order valence-corrected chi connectivity index (χ2v) is 4.80. The molecule has 0 spiro atoms. The molecule has 0 aromatic heterocycles. The van der Waals surface area contributed by atoms with E-state index in [1.165, 1.54) is 12.8 Å². The van der Waals surface area contributed by atoms with Crippen LogP contribution in [0.15, 0.2) is 0 Å². The number of carbonyl (C=O) groups excluding carboxylic acids is 1. The van der Waals surface area contributed by atoms with Crippen molar-refractivity contribution in [3.8, 4) is 0 Å². The lowest BCUT2D eigenvalue weighted by atomic mass is 9.93. The van der Waals surface area contributed by atoms with Crippen LogP contribution in [0.4, 0.5) is 0 Å². The molecular weight excluding hydrogens is 216 g/mol. The summed E-state index contributed by atoms with van der Waals surface area (Å²) in [5.74, 6) is 0.890. The SMILES string of the molecule is CCOC(C)CNC(=O)CCC1CCNCC1. The molecule has 1 aliphatic rings. The fourth-order valence-electron chi connectivity index (χ4n) is 2.19. The van der Waals surface area contributed by atoms with Crippen molar-refractivity contribution in [2.24, 2.45) is 5.92 Å². The average Bonchev–Trinajstić information content (AvgIpc) is 2.35. The third kappa shape index (κ3) is 6.64. The predicted octanol–water partition coefficient (Wildman–Crippen LogP) is 1.31. The number of hydrogen-bond acceptors (Lipinski definition) is 3. The van der Waals surface area contributed by atoms with E-state index < -0.39 is 0 Å². The molecule has 0 bridgehead atoms. The van der Waals surface area contributed by atoms with Crippen LogP contribution in [0.2, 0.25) is 0 Å². The standard InChI is InChI=1S/C13H26N2O2/c1-3-17-11(2)10-15-13(16)5-4-12-6-8-14-9-7-12/h11-12,14H,3-10H2,1-2H3,(H,15,16). The monoisotopic (exact) mass is 242 g/mol. The Labute approximate surface area is 104 Å². The van der Waals surface area contributed by atoms with E-state index in [2.05, 4.69) is 10.6 Å². The first-order valence-electron chi connectivity index (χ1n) is 6.81. The molecule has 4 heteroatoms. The van der Waals surface area contributed by atoms with Crippen LogP contribution >= 0.6 is 0 Å². The molecule has 100 valence electrons. The zero-order valence-corrected chi connectivity index (χ0v) is 11.1. The Morgan fingerprint density at radius 1 is 1.47 bits per heavy atom. The van der Waals surface area contributed by atoms with E-state index in [-0.39, 0.29) is 12.0 Å². The summed E-state index contributed by atoms with van der Waals surface area (Å²) >= 11 is 0. The van der Waals surface area contributed by atoms with Crippen LogP contribution in [0.1, 0.15) is 39.5 Å². The van der Waals surface area contributed by atoms with E-state index in [9.17, 15) is 4.79 Å². The van der Waals surface area contributed by atoms with Gasteiger partial charge in [-0.1, -0.05) is 0 Å². The van der Waals surface area contributed by atoms with Crippen LogP contribution in [0, 0.1) is 5.92 Å². The maximum absolute atomic E-state index is 11.6. The highest BCUT2D eigenvalue weighted by Gasteiger charge is 2.14. The minimum Gasteiger partial charge on any atom is -0.377 e. The molecule has 1 rings (SSSR count). The van der Waals surface area contributed by atoms with Crippen LogP contribution in [-0.4, -0.2) is 38.3 Å². The summed E-state index contributed by atoms with van der Waals surface area (Å²) in [6, 6.07) is 0. The lowest BCUT2D eigenvalue weighted by Gasteiger charge is -2.22. The maximum Gasteiger partial charge on any atom is 0.220 e. The third-order valence-electron chi connectivity index (χ3n) is 3.28. The molecule has 1 atom stereocenters. The van der Waals surface area contributed by atoms with Crippen molar-refractivity contribution in [2.45, 2.75) is 45.6 Å². The van der Waals surface area contributed by atoms with Gasteiger partial charge in [-0.25, -0.2) is 0 Å². The maximum atomic E-state index is 11.6. The van der Waals surface area contributed by atoms with Gasteiger partial charge in [-0.3, -0.25) is 4.79 Å². The smallest absolute Gasteiger partial charge is 0.220 e. The van der Waals surface area contributed by atoms with Crippen LogP contribution in [0.5, 0.6) is 0 Å². The number of carbonyl (C=O) groups is 1. The van der Waals surface area contributed by atoms with Crippen LogP contribution in [0.3, 0.4) is 0 Å². The van der Waals surface area contributed by atoms with Gasteiger partial charge >= 0.3 is 0 Å². The molecule has 17 heavy (non-hydrogen) atoms. The van der Waals surface area contributed by atoms with E-state index in [4.69, 9.17) is 4.74 Å². The average molecular weight is 242 g/mol. The second kappa shape index (κ2) is 8.48. The molecule has 0 aliphatic carbocycles. The molecule has 0 aromatic carbocycles. The largest absolute Gasteiger partial charge is 0.377 e. The molecule has 0 aromatic rings. The molecule has 1 heterocycles. The van der Waals surface area contributed by atoms with Gasteiger partial charge in [0.2, 0.25) is 5.91 Å². The number of amides is 1. The normalized spacial score (nSPS) is 18.9. The van der Waals surface area contributed by atoms with Gasteiger partial charge in [0.1, 0.15) is 0 Å². The number of hydrogen-bond donors (Lipinski definition) is 2. The van der Waals surface area contributed by atoms with Crippen LogP contribution in [-0.2, 0) is 9.53 Å². The third-order valence-corrected chi connectivity index (χ3v) is 3.28. The molecule has 1 unspecified atom stereocenters. The first kappa shape index (κ1) is 14.5. The van der Waals surface area contributed by atoms with Gasteiger partial charge in [-0.2, -0.15) is 0 Å². The van der Waals surface area contributed by atoms with Gasteiger partial charge in [0.25, 0.3) is 0 Å². The summed E-state index contributed by atoms with van der Waals surface area (Å²) < 4.78 is 5.36. The van der Waals surface area contributed by atoms with Crippen LogP contribution < -0.4 is 10.6 Å². The molecule has 4 nitrogen and oxygen atoms in total. The van der Waals surface area contributed by atoms with E-state index in [0.717, 1.165) is 25.4 Å². The molecule has 1 aliphatic heterocycles. The number of rotatable bonds is 7. The summed E-state index contributed by atoms with van der Waals surface area (Å²) in [7, 11) is 0. The Morgan fingerprint density at radius 2 is 2.18 bits per heavy atom. The molecule has 0 radical (unpaired) electrons. The Hall–Kier alpha value is -0.610. The quantitative estimate of drug-likeness (QED) is 0.707. The summed E-state index contributed by atoms with van der Waals surface area (Å²) in [5, 5.41) is 6.27. The molecule has 0 saturated carbocycles. The van der Waals surface area contributed by atoms with Gasteiger partial charge in [0.05, 0.1) is 6.10 Å². The Bertz CT molecular complexity index is 215. The Balaban J connectivity index is 2.04. The van der Waals surface area contributed by atoms with Crippen LogP contribution in [0.25, 0.3) is 0 Å². The van der Waals surface area contributed by atoms with E-state index in [1.807, 2.05) is 13.8 Å². The Kier molecular flexibility index (Phi) is 7.21. The fraction of sp³-hybridized carbons (Fsp3) is 0.923. The van der Waals surface area contributed by atoms with E-state index in [0.29, 0.717) is 19.6 Å². The van der Waals surface area contributed by atoms with Gasteiger partial charge in [-0.15, -0.1) is 0 Å². The van der Waals surface area contributed by atoms with Gasteiger partial charge in [0, 0.05) is 19.6 Å². The van der Waals surface area contributed by atoms with Crippen molar-refractivity contribution in [1.29, 1.82) is 0 Å². The first-order chi connectivity index (χ1) is 8.22. The number of piperidine rings is 1. The molecular formula is C13H26N2O2. The number of nitrogens with one attached hydrogen (secondary N) is 2. The molecule has 2 N–H and O–H groups in total. The van der Waals surface area contributed by atoms with Crippen molar-refractivity contribution >= 4 is 5.91 Å². The van der Waals surface area contributed by atoms with Crippen molar-refractivity contribution in [2.75, 3.05) is 26.2 Å². The van der Waals surface area contributed by atoms with Crippen molar-refractivity contribution in [1.82, 2.24) is 10.6 Å². The zero-order valence-electron chi connectivity index (χ0n) is 11.1. The van der Waals surface area contributed by atoms with E-state index in [1.54, 1.807) is 0 Å². The second-order valence-electron chi connectivity index (χ2n) is 4.80. The highest BCUT2D eigenvalue weighted by atomic mass is 16.5. The molecule has 1 saturated heterocycles. The van der Waals surface area contributed by atoms with Gasteiger partial charge in [0.15, 0.2) is 0 Å². The zero-order chi connectivity index (χ0) is 12.5. The Morgan fingerprint density at radius 3 is 2.82 bits per heavy atom. The fourth-order valence-corrected chi connectivity index (χ4v) is 2.19. The minimum absolute atomic E-state index is 0.114. The number of ether oxygens (including phenoxy) is 1. The summed E-state index contributed by atoms with van der Waals surface area (Å²) in [6.45, 7) is 7.48. The summed E-state index contributed by atoms with van der Waals surface area (Å²) in [5.41, 5.74) is 0. The van der Waals surface area contributed by atoms with Gasteiger partial charge in [-0.05, 0) is 52.1 Å².